The molecular weight excluding hydrogens is 226 g/mol. The molecule has 3 rings (SSSR count). The number of hydrogen-bond donors (Lipinski definition) is 1. The number of aliphatic imine (C=N–C) groups is 1. The van der Waals surface area contributed by atoms with Crippen molar-refractivity contribution in [3.63, 3.8) is 0 Å². The lowest BCUT2D eigenvalue weighted by Crippen LogP contribution is -2.38. The van der Waals surface area contributed by atoms with Gasteiger partial charge in [-0.15, -0.1) is 0 Å². The molecule has 0 atom stereocenters. The van der Waals surface area contributed by atoms with Gasteiger partial charge in [-0.05, 0) is 36.6 Å². The van der Waals surface area contributed by atoms with Gasteiger partial charge >= 0.3 is 0 Å². The normalized spacial score (nSPS) is 18.1. The lowest BCUT2D eigenvalue weighted by atomic mass is 10.0. The van der Waals surface area contributed by atoms with Crippen LogP contribution < -0.4 is 15.0 Å². The van der Waals surface area contributed by atoms with E-state index in [1.807, 2.05) is 6.07 Å². The Bertz CT molecular complexity index is 470. The van der Waals surface area contributed by atoms with Crippen molar-refractivity contribution in [2.45, 2.75) is 12.8 Å². The van der Waals surface area contributed by atoms with Crippen LogP contribution in [0.1, 0.15) is 12.0 Å². The molecule has 0 aromatic heterocycles. The molecule has 0 spiro atoms. The van der Waals surface area contributed by atoms with Crippen molar-refractivity contribution < 1.29 is 4.74 Å². The molecule has 2 aliphatic heterocycles. The van der Waals surface area contributed by atoms with E-state index in [9.17, 15) is 0 Å². The van der Waals surface area contributed by atoms with Crippen LogP contribution in [0, 0.1) is 0 Å². The molecule has 0 amide bonds. The number of benzene rings is 1. The van der Waals surface area contributed by atoms with Gasteiger partial charge in [0.2, 0.25) is 0 Å². The van der Waals surface area contributed by atoms with Crippen LogP contribution in [-0.2, 0) is 6.42 Å². The number of methoxy groups -OCH3 is 1. The number of rotatable bonds is 3. The number of aryl methyl sites for hydroxylation is 1. The van der Waals surface area contributed by atoms with E-state index in [2.05, 4.69) is 27.3 Å². The van der Waals surface area contributed by atoms with Crippen molar-refractivity contribution in [2.24, 2.45) is 4.99 Å². The van der Waals surface area contributed by atoms with E-state index in [1.165, 1.54) is 17.7 Å². The molecule has 18 heavy (non-hydrogen) atoms. The van der Waals surface area contributed by atoms with Gasteiger partial charge in [0.05, 0.1) is 20.2 Å². The Morgan fingerprint density at radius 1 is 1.44 bits per heavy atom. The number of ether oxygens (including phenoxy) is 1. The summed E-state index contributed by atoms with van der Waals surface area (Å²) in [6, 6.07) is 6.37. The van der Waals surface area contributed by atoms with Gasteiger partial charge in [-0.3, -0.25) is 4.99 Å². The lowest BCUT2D eigenvalue weighted by Gasteiger charge is -2.31. The van der Waals surface area contributed by atoms with Crippen molar-refractivity contribution in [3.05, 3.63) is 23.8 Å². The van der Waals surface area contributed by atoms with Crippen LogP contribution in [0.3, 0.4) is 0 Å². The summed E-state index contributed by atoms with van der Waals surface area (Å²) < 4.78 is 5.29. The van der Waals surface area contributed by atoms with E-state index in [-0.39, 0.29) is 0 Å². The van der Waals surface area contributed by atoms with Crippen LogP contribution in [0.5, 0.6) is 5.75 Å². The minimum Gasteiger partial charge on any atom is -0.497 e. The van der Waals surface area contributed by atoms with Crippen LogP contribution in [0.2, 0.25) is 0 Å². The predicted octanol–water partition coefficient (Wildman–Crippen LogP) is 1.45. The fourth-order valence-electron chi connectivity index (χ4n) is 2.68. The van der Waals surface area contributed by atoms with E-state index < -0.39 is 0 Å². The van der Waals surface area contributed by atoms with Crippen molar-refractivity contribution in [1.29, 1.82) is 0 Å². The fourth-order valence-corrected chi connectivity index (χ4v) is 2.68. The third-order valence-electron chi connectivity index (χ3n) is 3.59. The Hall–Kier alpha value is -1.71. The molecule has 96 valence electrons. The summed E-state index contributed by atoms with van der Waals surface area (Å²) in [5.74, 6) is 2.07. The van der Waals surface area contributed by atoms with E-state index in [0.29, 0.717) is 0 Å². The number of fused-ring (bicyclic) bond motifs is 1. The minimum absolute atomic E-state index is 0.902. The van der Waals surface area contributed by atoms with Gasteiger partial charge in [-0.1, -0.05) is 0 Å². The Morgan fingerprint density at radius 2 is 2.39 bits per heavy atom. The molecule has 2 aliphatic rings. The van der Waals surface area contributed by atoms with E-state index in [1.54, 1.807) is 7.11 Å². The van der Waals surface area contributed by atoms with E-state index in [4.69, 9.17) is 4.74 Å². The van der Waals surface area contributed by atoms with E-state index in [0.717, 1.165) is 44.2 Å². The minimum atomic E-state index is 0.902. The van der Waals surface area contributed by atoms with Crippen LogP contribution in [0.15, 0.2) is 23.2 Å². The highest BCUT2D eigenvalue weighted by molar-refractivity contribution is 5.88. The molecule has 0 unspecified atom stereocenters. The molecular formula is C14H19N3O. The zero-order valence-electron chi connectivity index (χ0n) is 10.8. The first-order chi connectivity index (χ1) is 8.86. The largest absolute Gasteiger partial charge is 0.497 e. The molecule has 0 saturated heterocycles. The monoisotopic (exact) mass is 245 g/mol. The highest BCUT2D eigenvalue weighted by Gasteiger charge is 2.19. The highest BCUT2D eigenvalue weighted by Crippen LogP contribution is 2.30. The molecule has 0 bridgehead atoms. The number of nitrogens with zero attached hydrogens (tertiary/aromatic N) is 2. The number of amidine groups is 1. The Kier molecular flexibility index (Phi) is 3.09. The average Bonchev–Trinajstić information content (AvgIpc) is 2.91. The standard InChI is InChI=1S/C14H19N3O/c1-18-12-4-5-13-11(9-12)3-2-8-17(13)10-14-15-6-7-16-14/h4-5,9H,2-3,6-8,10H2,1H3,(H,15,16). The summed E-state index contributed by atoms with van der Waals surface area (Å²) in [4.78, 5) is 6.89. The van der Waals surface area contributed by atoms with Crippen molar-refractivity contribution in [1.82, 2.24) is 5.32 Å². The molecule has 4 nitrogen and oxygen atoms in total. The van der Waals surface area contributed by atoms with Gasteiger partial charge in [-0.25, -0.2) is 0 Å². The molecule has 0 fully saturated rings. The molecule has 1 aromatic rings. The molecule has 1 aromatic carbocycles. The zero-order chi connectivity index (χ0) is 12.4. The molecule has 0 saturated carbocycles. The first-order valence-electron chi connectivity index (χ1n) is 6.56. The SMILES string of the molecule is COc1ccc2c(c1)CCCN2CC1=NCCN1. The van der Waals surface area contributed by atoms with Gasteiger partial charge in [0, 0.05) is 18.8 Å². The predicted molar refractivity (Wildman–Crippen MR) is 73.8 cm³/mol. The van der Waals surface area contributed by atoms with Crippen LogP contribution in [-0.4, -0.2) is 39.1 Å². The van der Waals surface area contributed by atoms with Gasteiger partial charge in [-0.2, -0.15) is 0 Å². The molecule has 2 heterocycles. The topological polar surface area (TPSA) is 36.9 Å². The quantitative estimate of drug-likeness (QED) is 0.875. The summed E-state index contributed by atoms with van der Waals surface area (Å²) in [6.45, 7) is 3.91. The van der Waals surface area contributed by atoms with Gasteiger partial charge in [0.1, 0.15) is 11.6 Å². The van der Waals surface area contributed by atoms with Crippen molar-refractivity contribution in [2.75, 3.05) is 38.2 Å². The summed E-state index contributed by atoms with van der Waals surface area (Å²) in [5, 5.41) is 3.34. The average molecular weight is 245 g/mol. The molecule has 4 heteroatoms. The summed E-state index contributed by atoms with van der Waals surface area (Å²) in [5.41, 5.74) is 2.72. The Labute approximate surface area is 108 Å². The first kappa shape index (κ1) is 11.4. The third-order valence-corrected chi connectivity index (χ3v) is 3.59. The molecule has 1 N–H and O–H groups in total. The van der Waals surface area contributed by atoms with Crippen LogP contribution >= 0.6 is 0 Å². The summed E-state index contributed by atoms with van der Waals surface area (Å²) in [7, 11) is 1.72. The second-order valence-electron chi connectivity index (χ2n) is 4.77. The smallest absolute Gasteiger partial charge is 0.119 e. The maximum atomic E-state index is 5.29. The van der Waals surface area contributed by atoms with Crippen LogP contribution in [0.4, 0.5) is 5.69 Å². The number of hydrogen-bond acceptors (Lipinski definition) is 4. The maximum Gasteiger partial charge on any atom is 0.119 e. The Morgan fingerprint density at radius 3 is 3.17 bits per heavy atom. The van der Waals surface area contributed by atoms with Crippen LogP contribution in [0.25, 0.3) is 0 Å². The second-order valence-corrected chi connectivity index (χ2v) is 4.77. The van der Waals surface area contributed by atoms with Gasteiger partial charge in [0.25, 0.3) is 0 Å². The lowest BCUT2D eigenvalue weighted by molar-refractivity contribution is 0.414. The second kappa shape index (κ2) is 4.88. The maximum absolute atomic E-state index is 5.29. The third kappa shape index (κ3) is 2.15. The number of nitrogens with one attached hydrogen (secondary N) is 1. The summed E-state index contributed by atoms with van der Waals surface area (Å²) in [6.07, 6.45) is 2.34. The number of anilines is 1. The van der Waals surface area contributed by atoms with Gasteiger partial charge < -0.3 is 15.0 Å². The first-order valence-corrected chi connectivity index (χ1v) is 6.56. The van der Waals surface area contributed by atoms with Gasteiger partial charge in [0.15, 0.2) is 0 Å². The molecule has 0 aliphatic carbocycles. The molecule has 0 radical (unpaired) electrons. The van der Waals surface area contributed by atoms with Crippen molar-refractivity contribution >= 4 is 11.5 Å². The zero-order valence-corrected chi connectivity index (χ0v) is 10.8. The Balaban J connectivity index is 1.82. The summed E-state index contributed by atoms with van der Waals surface area (Å²) >= 11 is 0. The fraction of sp³-hybridized carbons (Fsp3) is 0.500. The highest BCUT2D eigenvalue weighted by atomic mass is 16.5. The van der Waals surface area contributed by atoms with Crippen molar-refractivity contribution in [3.8, 4) is 5.75 Å². The van der Waals surface area contributed by atoms with E-state index >= 15 is 0 Å².